The summed E-state index contributed by atoms with van der Waals surface area (Å²) in [4.78, 5) is 15.0. The maximum absolute atomic E-state index is 13.0. The first-order valence-corrected chi connectivity index (χ1v) is 9.32. The Morgan fingerprint density at radius 2 is 1.92 bits per heavy atom. The summed E-state index contributed by atoms with van der Waals surface area (Å²) in [6.07, 6.45) is 9.28. The highest BCUT2D eigenvalue weighted by Crippen LogP contribution is 2.32. The lowest BCUT2D eigenvalue weighted by molar-refractivity contribution is -0.105. The van der Waals surface area contributed by atoms with Crippen molar-refractivity contribution in [2.75, 3.05) is 32.9 Å². The number of carbonyl (C=O) groups excluding carboxylic acids is 1. The Morgan fingerprint density at radius 3 is 2.71 bits per heavy atom. The van der Waals surface area contributed by atoms with Crippen LogP contribution in [0.1, 0.15) is 61.5 Å². The highest BCUT2D eigenvalue weighted by molar-refractivity contribution is 5.92. The molecule has 0 radical (unpaired) electrons. The minimum absolute atomic E-state index is 0.0843. The molecule has 3 aliphatic rings. The molecule has 24 heavy (non-hydrogen) atoms. The fourth-order valence-electron chi connectivity index (χ4n) is 4.32. The molecule has 0 aromatic carbocycles. The second-order valence-electron chi connectivity index (χ2n) is 7.29. The number of amides is 1. The Morgan fingerprint density at radius 1 is 1.12 bits per heavy atom. The normalized spacial score (nSPS) is 25.1. The van der Waals surface area contributed by atoms with Crippen molar-refractivity contribution in [1.82, 2.24) is 14.7 Å². The molecule has 1 spiro atoms. The van der Waals surface area contributed by atoms with Gasteiger partial charge in [0.2, 0.25) is 0 Å². The predicted molar refractivity (Wildman–Crippen MR) is 89.0 cm³/mol. The summed E-state index contributed by atoms with van der Waals surface area (Å²) < 4.78 is 13.6. The van der Waals surface area contributed by atoms with Crippen LogP contribution in [0.5, 0.6) is 0 Å². The van der Waals surface area contributed by atoms with Gasteiger partial charge in [0.05, 0.1) is 18.2 Å². The zero-order chi connectivity index (χ0) is 16.4. The van der Waals surface area contributed by atoms with Gasteiger partial charge in [0.15, 0.2) is 0 Å². The van der Waals surface area contributed by atoms with E-state index in [2.05, 4.69) is 5.10 Å². The van der Waals surface area contributed by atoms with Gasteiger partial charge in [-0.2, -0.15) is 5.10 Å². The van der Waals surface area contributed by atoms with Gasteiger partial charge < -0.3 is 14.4 Å². The molecule has 1 aliphatic carbocycles. The number of hydrogen-bond donors (Lipinski definition) is 0. The van der Waals surface area contributed by atoms with Crippen LogP contribution in [0.15, 0.2) is 12.3 Å². The standard InChI is InChI=1S/C18H27N3O3/c22-17(16-5-9-19-21(16)15-3-1-2-4-15)20-10-6-18(24-14-11-20)7-12-23-13-8-18/h5,9,15H,1-4,6-8,10-14H2. The molecular formula is C18H27N3O3. The Balaban J connectivity index is 1.46. The summed E-state index contributed by atoms with van der Waals surface area (Å²) in [5.74, 6) is 0.104. The van der Waals surface area contributed by atoms with Crippen LogP contribution in [0.25, 0.3) is 0 Å². The molecular weight excluding hydrogens is 306 g/mol. The van der Waals surface area contributed by atoms with Gasteiger partial charge in [-0.05, 0) is 38.2 Å². The largest absolute Gasteiger partial charge is 0.381 e. The summed E-state index contributed by atoms with van der Waals surface area (Å²) in [5.41, 5.74) is 0.656. The van der Waals surface area contributed by atoms with Gasteiger partial charge in [0.25, 0.3) is 5.91 Å². The van der Waals surface area contributed by atoms with Crippen molar-refractivity contribution < 1.29 is 14.3 Å². The minimum Gasteiger partial charge on any atom is -0.381 e. The molecule has 6 nitrogen and oxygen atoms in total. The second-order valence-corrected chi connectivity index (χ2v) is 7.29. The van der Waals surface area contributed by atoms with Gasteiger partial charge in [-0.15, -0.1) is 0 Å². The van der Waals surface area contributed by atoms with E-state index in [4.69, 9.17) is 9.47 Å². The molecule has 0 N–H and O–H groups in total. The zero-order valence-electron chi connectivity index (χ0n) is 14.3. The quantitative estimate of drug-likeness (QED) is 0.834. The van der Waals surface area contributed by atoms with Crippen molar-refractivity contribution in [2.45, 2.75) is 56.6 Å². The van der Waals surface area contributed by atoms with Gasteiger partial charge in [0.1, 0.15) is 5.69 Å². The monoisotopic (exact) mass is 333 g/mol. The number of carbonyl (C=O) groups is 1. The Kier molecular flexibility index (Phi) is 4.59. The van der Waals surface area contributed by atoms with E-state index < -0.39 is 0 Å². The first-order chi connectivity index (χ1) is 11.8. The third kappa shape index (κ3) is 3.09. The molecule has 1 saturated carbocycles. The van der Waals surface area contributed by atoms with Crippen LogP contribution in [-0.4, -0.2) is 59.1 Å². The maximum Gasteiger partial charge on any atom is 0.272 e. The van der Waals surface area contributed by atoms with Crippen LogP contribution in [0.4, 0.5) is 0 Å². The smallest absolute Gasteiger partial charge is 0.272 e. The predicted octanol–water partition coefficient (Wildman–Crippen LogP) is 2.41. The molecule has 0 bridgehead atoms. The van der Waals surface area contributed by atoms with Gasteiger partial charge in [0, 0.05) is 32.5 Å². The average Bonchev–Trinajstić information content (AvgIpc) is 3.25. The SMILES string of the molecule is O=C(c1ccnn1C1CCCC1)N1CCOC2(CCOCC2)CC1. The summed E-state index contributed by atoms with van der Waals surface area (Å²) in [6, 6.07) is 2.26. The summed E-state index contributed by atoms with van der Waals surface area (Å²) >= 11 is 0. The van der Waals surface area contributed by atoms with E-state index in [1.807, 2.05) is 15.6 Å². The topological polar surface area (TPSA) is 56.6 Å². The van der Waals surface area contributed by atoms with Crippen LogP contribution in [0.2, 0.25) is 0 Å². The van der Waals surface area contributed by atoms with Crippen LogP contribution >= 0.6 is 0 Å². The highest BCUT2D eigenvalue weighted by atomic mass is 16.5. The number of nitrogens with zero attached hydrogens (tertiary/aromatic N) is 3. The molecule has 1 aromatic rings. The molecule has 1 aromatic heterocycles. The fraction of sp³-hybridized carbons (Fsp3) is 0.778. The maximum atomic E-state index is 13.0. The average molecular weight is 333 g/mol. The van der Waals surface area contributed by atoms with E-state index in [1.54, 1.807) is 6.20 Å². The molecule has 1 amide bonds. The lowest BCUT2D eigenvalue weighted by Gasteiger charge is -2.35. The molecule has 6 heteroatoms. The third-order valence-electron chi connectivity index (χ3n) is 5.86. The molecule has 3 heterocycles. The molecule has 132 valence electrons. The Labute approximate surface area is 143 Å². The lowest BCUT2D eigenvalue weighted by Crippen LogP contribution is -2.40. The fourth-order valence-corrected chi connectivity index (χ4v) is 4.32. The number of ether oxygens (including phenoxy) is 2. The third-order valence-corrected chi connectivity index (χ3v) is 5.86. The highest BCUT2D eigenvalue weighted by Gasteiger charge is 2.37. The number of rotatable bonds is 2. The molecule has 2 aliphatic heterocycles. The molecule has 2 saturated heterocycles. The molecule has 4 rings (SSSR count). The van der Waals surface area contributed by atoms with Crippen LogP contribution < -0.4 is 0 Å². The van der Waals surface area contributed by atoms with Crippen molar-refractivity contribution in [1.29, 1.82) is 0 Å². The van der Waals surface area contributed by atoms with Gasteiger partial charge in [-0.3, -0.25) is 9.48 Å². The first-order valence-electron chi connectivity index (χ1n) is 9.32. The van der Waals surface area contributed by atoms with Crippen molar-refractivity contribution in [3.63, 3.8) is 0 Å². The Hall–Kier alpha value is -1.40. The summed E-state index contributed by atoms with van der Waals surface area (Å²) in [7, 11) is 0. The van der Waals surface area contributed by atoms with E-state index in [0.717, 1.165) is 57.6 Å². The summed E-state index contributed by atoms with van der Waals surface area (Å²) in [6.45, 7) is 3.57. The van der Waals surface area contributed by atoms with Crippen molar-refractivity contribution in [3.05, 3.63) is 18.0 Å². The van der Waals surface area contributed by atoms with Gasteiger partial charge >= 0.3 is 0 Å². The molecule has 3 fully saturated rings. The van der Waals surface area contributed by atoms with Crippen LogP contribution in [-0.2, 0) is 9.47 Å². The van der Waals surface area contributed by atoms with Crippen LogP contribution in [0, 0.1) is 0 Å². The van der Waals surface area contributed by atoms with E-state index in [0.29, 0.717) is 19.2 Å². The van der Waals surface area contributed by atoms with Gasteiger partial charge in [-0.1, -0.05) is 12.8 Å². The summed E-state index contributed by atoms with van der Waals surface area (Å²) in [5, 5.41) is 4.44. The Bertz CT molecular complexity index is 574. The lowest BCUT2D eigenvalue weighted by atomic mass is 9.90. The molecule has 0 unspecified atom stereocenters. The number of aromatic nitrogens is 2. The van der Waals surface area contributed by atoms with E-state index in [1.165, 1.54) is 12.8 Å². The van der Waals surface area contributed by atoms with Crippen molar-refractivity contribution >= 4 is 5.91 Å². The zero-order valence-corrected chi connectivity index (χ0v) is 14.3. The first kappa shape index (κ1) is 16.1. The van der Waals surface area contributed by atoms with E-state index in [9.17, 15) is 4.79 Å². The van der Waals surface area contributed by atoms with Gasteiger partial charge in [-0.25, -0.2) is 0 Å². The minimum atomic E-state index is -0.0843. The molecule has 0 atom stereocenters. The van der Waals surface area contributed by atoms with Crippen LogP contribution in [0.3, 0.4) is 0 Å². The van der Waals surface area contributed by atoms with E-state index in [-0.39, 0.29) is 11.5 Å². The van der Waals surface area contributed by atoms with E-state index >= 15 is 0 Å². The van der Waals surface area contributed by atoms with Crippen molar-refractivity contribution in [3.8, 4) is 0 Å². The second kappa shape index (κ2) is 6.84. The number of hydrogen-bond acceptors (Lipinski definition) is 4. The van der Waals surface area contributed by atoms with Crippen molar-refractivity contribution in [2.24, 2.45) is 0 Å².